The molecule has 1 aliphatic rings. The molecule has 9 heteroatoms. The Morgan fingerprint density at radius 1 is 1.45 bits per heavy atom. The molecular formula is C13H14ClFNNaO4S. The maximum Gasteiger partial charge on any atom is 1.00 e. The molecule has 1 aromatic rings. The molecule has 0 aliphatic heterocycles. The van der Waals surface area contributed by atoms with E-state index in [1.807, 2.05) is 0 Å². The fourth-order valence-electron chi connectivity index (χ4n) is 2.19. The molecule has 0 saturated carbocycles. The Kier molecular flexibility index (Phi) is 6.88. The van der Waals surface area contributed by atoms with Crippen LogP contribution in [0, 0.1) is 5.82 Å². The van der Waals surface area contributed by atoms with E-state index in [0.29, 0.717) is 12.8 Å². The summed E-state index contributed by atoms with van der Waals surface area (Å²) in [4.78, 5) is 11.1. The maximum absolute atomic E-state index is 13.7. The number of carbonyl (C=O) groups is 1. The Balaban J connectivity index is 0.00000242. The van der Waals surface area contributed by atoms with Crippen LogP contribution in [-0.4, -0.2) is 24.7 Å². The molecule has 1 atom stereocenters. The Morgan fingerprint density at radius 2 is 2.14 bits per heavy atom. The van der Waals surface area contributed by atoms with E-state index in [1.54, 1.807) is 0 Å². The number of benzene rings is 1. The molecule has 0 radical (unpaired) electrons. The molecule has 22 heavy (non-hydrogen) atoms. The molecule has 0 spiro atoms. The number of halogens is 2. The molecule has 0 bridgehead atoms. The van der Waals surface area contributed by atoms with Crippen LogP contribution in [0.2, 0.25) is 5.02 Å². The van der Waals surface area contributed by atoms with Crippen LogP contribution >= 0.6 is 11.6 Å². The van der Waals surface area contributed by atoms with Crippen molar-refractivity contribution in [2.24, 2.45) is 0 Å². The average molecular weight is 358 g/mol. The molecule has 116 valence electrons. The van der Waals surface area contributed by atoms with Crippen LogP contribution in [0.3, 0.4) is 0 Å². The second-order valence-corrected chi connectivity index (χ2v) is 6.96. The molecule has 1 unspecified atom stereocenters. The van der Waals surface area contributed by atoms with E-state index in [-0.39, 0.29) is 53.7 Å². The SMILES string of the molecule is O=C(O)C1=CCCCC1S(=O)(=O)Nc1ccc(Cl)cc1F.[H-].[Na+]. The first-order chi connectivity index (χ1) is 9.81. The van der Waals surface area contributed by atoms with Gasteiger partial charge in [0.05, 0.1) is 11.3 Å². The molecule has 1 aliphatic carbocycles. The maximum atomic E-state index is 13.7. The number of allylic oxidation sites excluding steroid dienone is 1. The van der Waals surface area contributed by atoms with Crippen molar-refractivity contribution in [2.45, 2.75) is 24.5 Å². The topological polar surface area (TPSA) is 83.5 Å². The van der Waals surface area contributed by atoms with Crippen LogP contribution < -0.4 is 34.3 Å². The third-order valence-electron chi connectivity index (χ3n) is 3.19. The molecule has 1 aromatic carbocycles. The first-order valence-corrected chi connectivity index (χ1v) is 8.14. The van der Waals surface area contributed by atoms with Gasteiger partial charge in [0.1, 0.15) is 11.1 Å². The molecule has 5 nitrogen and oxygen atoms in total. The summed E-state index contributed by atoms with van der Waals surface area (Å²) < 4.78 is 40.3. The van der Waals surface area contributed by atoms with Gasteiger partial charge in [0.2, 0.25) is 10.0 Å². The van der Waals surface area contributed by atoms with E-state index in [2.05, 4.69) is 4.72 Å². The summed E-state index contributed by atoms with van der Waals surface area (Å²) in [6.45, 7) is 0. The van der Waals surface area contributed by atoms with E-state index in [9.17, 15) is 17.6 Å². The summed E-state index contributed by atoms with van der Waals surface area (Å²) >= 11 is 5.60. The van der Waals surface area contributed by atoms with Crippen molar-refractivity contribution in [3.05, 3.63) is 40.7 Å². The quantitative estimate of drug-likeness (QED) is 0.737. The Morgan fingerprint density at radius 3 is 2.73 bits per heavy atom. The molecule has 0 heterocycles. The fraction of sp³-hybridized carbons (Fsp3) is 0.308. The first kappa shape index (κ1) is 19.4. The minimum Gasteiger partial charge on any atom is -1.00 e. The fourth-order valence-corrected chi connectivity index (χ4v) is 3.97. The molecule has 0 aromatic heterocycles. The van der Waals surface area contributed by atoms with Gasteiger partial charge in [-0.3, -0.25) is 4.72 Å². The van der Waals surface area contributed by atoms with Crippen molar-refractivity contribution in [3.8, 4) is 0 Å². The van der Waals surface area contributed by atoms with Gasteiger partial charge in [0.25, 0.3) is 0 Å². The second-order valence-electron chi connectivity index (χ2n) is 4.66. The van der Waals surface area contributed by atoms with Gasteiger partial charge >= 0.3 is 35.5 Å². The van der Waals surface area contributed by atoms with Crippen LogP contribution in [0.15, 0.2) is 29.8 Å². The van der Waals surface area contributed by atoms with Gasteiger partial charge in [-0.1, -0.05) is 17.7 Å². The number of aliphatic carboxylic acids is 1. The van der Waals surface area contributed by atoms with Gasteiger partial charge in [-0.05, 0) is 37.5 Å². The molecule has 0 amide bonds. The van der Waals surface area contributed by atoms with Gasteiger partial charge in [-0.15, -0.1) is 0 Å². The predicted molar refractivity (Wildman–Crippen MR) is 78.4 cm³/mol. The summed E-state index contributed by atoms with van der Waals surface area (Å²) in [5.74, 6) is -2.09. The van der Waals surface area contributed by atoms with Crippen LogP contribution in [0.1, 0.15) is 20.7 Å². The molecule has 0 saturated heterocycles. The number of carboxylic acid groups (broad SMARTS) is 1. The normalized spacial score (nSPS) is 18.1. The van der Waals surface area contributed by atoms with E-state index in [0.717, 1.165) is 6.07 Å². The first-order valence-electron chi connectivity index (χ1n) is 6.21. The molecular weight excluding hydrogens is 344 g/mol. The van der Waals surface area contributed by atoms with Crippen molar-refractivity contribution in [2.75, 3.05) is 4.72 Å². The van der Waals surface area contributed by atoms with Crippen molar-refractivity contribution in [1.82, 2.24) is 0 Å². The third-order valence-corrected chi connectivity index (χ3v) is 5.16. The van der Waals surface area contributed by atoms with Crippen LogP contribution in [0.4, 0.5) is 10.1 Å². The number of rotatable bonds is 4. The second kappa shape index (κ2) is 7.79. The smallest absolute Gasteiger partial charge is 1.00 e. The molecule has 0 fully saturated rings. The summed E-state index contributed by atoms with van der Waals surface area (Å²) in [6, 6.07) is 3.52. The van der Waals surface area contributed by atoms with Crippen molar-refractivity contribution in [1.29, 1.82) is 0 Å². The summed E-state index contributed by atoms with van der Waals surface area (Å²) in [5, 5.41) is 8.02. The van der Waals surface area contributed by atoms with Crippen LogP contribution in [0.25, 0.3) is 0 Å². The Hall–Kier alpha value is -0.600. The average Bonchev–Trinajstić information content (AvgIpc) is 2.42. The Bertz CT molecular complexity index is 714. The zero-order chi connectivity index (χ0) is 15.6. The van der Waals surface area contributed by atoms with Crippen LogP contribution in [-0.2, 0) is 14.8 Å². The molecule has 2 N–H and O–H groups in total. The monoisotopic (exact) mass is 357 g/mol. The van der Waals surface area contributed by atoms with Gasteiger partial charge in [-0.2, -0.15) is 0 Å². The third kappa shape index (κ3) is 4.45. The minimum atomic E-state index is -4.05. The van der Waals surface area contributed by atoms with E-state index in [4.69, 9.17) is 16.7 Å². The van der Waals surface area contributed by atoms with E-state index in [1.165, 1.54) is 18.2 Å². The number of nitrogens with one attached hydrogen (secondary N) is 1. The summed E-state index contributed by atoms with van der Waals surface area (Å²) in [5.41, 5.74) is -0.433. The van der Waals surface area contributed by atoms with Gasteiger partial charge < -0.3 is 6.53 Å². The summed E-state index contributed by atoms with van der Waals surface area (Å²) in [7, 11) is -4.05. The number of sulfonamides is 1. The Labute approximate surface area is 156 Å². The predicted octanol–water partition coefficient (Wildman–Crippen LogP) is -0.0992. The largest absolute Gasteiger partial charge is 1.00 e. The van der Waals surface area contributed by atoms with Crippen molar-refractivity contribution < 1.29 is 53.7 Å². The van der Waals surface area contributed by atoms with Crippen molar-refractivity contribution in [3.63, 3.8) is 0 Å². The van der Waals surface area contributed by atoms with E-state index < -0.39 is 27.1 Å². The number of hydrogen-bond acceptors (Lipinski definition) is 3. The number of hydrogen-bond donors (Lipinski definition) is 2. The minimum absolute atomic E-state index is 0. The van der Waals surface area contributed by atoms with Crippen LogP contribution in [0.5, 0.6) is 0 Å². The van der Waals surface area contributed by atoms with Crippen molar-refractivity contribution >= 4 is 33.3 Å². The van der Waals surface area contributed by atoms with E-state index >= 15 is 0 Å². The number of carboxylic acids is 1. The van der Waals surface area contributed by atoms with Gasteiger partial charge in [-0.25, -0.2) is 17.6 Å². The summed E-state index contributed by atoms with van der Waals surface area (Å²) in [6.07, 6.45) is 2.66. The van der Waals surface area contributed by atoms with Gasteiger partial charge in [0.15, 0.2) is 0 Å². The zero-order valence-electron chi connectivity index (χ0n) is 12.8. The van der Waals surface area contributed by atoms with Gasteiger partial charge in [0, 0.05) is 5.02 Å². The zero-order valence-corrected chi connectivity index (χ0v) is 15.4. The number of anilines is 1. The molecule has 2 rings (SSSR count). The standard InChI is InChI=1S/C13H13ClFNO4S.Na.H/c14-8-5-6-11(10(15)7-8)16-21(19,20)12-4-2-1-3-9(12)13(17)18;;/h3,5-7,12,16H,1-2,4H2,(H,17,18);;/q;+1;-1.